The van der Waals surface area contributed by atoms with Gasteiger partial charge in [-0.1, -0.05) is 54.6 Å². The van der Waals surface area contributed by atoms with E-state index in [0.29, 0.717) is 24.9 Å². The van der Waals surface area contributed by atoms with Crippen LogP contribution in [0.3, 0.4) is 0 Å². The van der Waals surface area contributed by atoms with Crippen LogP contribution in [0.5, 0.6) is 0 Å². The minimum Gasteiger partial charge on any atom is -0.344 e. The van der Waals surface area contributed by atoms with Gasteiger partial charge >= 0.3 is 0 Å². The van der Waals surface area contributed by atoms with E-state index >= 15 is 0 Å². The summed E-state index contributed by atoms with van der Waals surface area (Å²) in [5, 5.41) is 1.73. The molecule has 0 saturated carbocycles. The van der Waals surface area contributed by atoms with Crippen molar-refractivity contribution < 1.29 is 14.4 Å². The number of ketones is 2. The topological polar surface area (TPSA) is 56.1 Å². The third-order valence-corrected chi connectivity index (χ3v) is 4.29. The first kappa shape index (κ1) is 16.8. The van der Waals surface area contributed by atoms with Crippen LogP contribution in [-0.2, 0) is 11.3 Å². The lowest BCUT2D eigenvalue weighted by Crippen LogP contribution is -2.10. The molecule has 0 saturated heterocycles. The highest BCUT2D eigenvalue weighted by Crippen LogP contribution is 2.22. The van der Waals surface area contributed by atoms with E-state index in [1.165, 1.54) is 0 Å². The van der Waals surface area contributed by atoms with E-state index in [4.69, 9.17) is 0 Å². The normalized spacial score (nSPS) is 10.7. The largest absolute Gasteiger partial charge is 0.344 e. The lowest BCUT2D eigenvalue weighted by Gasteiger charge is -2.07. The zero-order chi connectivity index (χ0) is 17.6. The molecule has 0 aliphatic rings. The minimum absolute atomic E-state index is 0.127. The second kappa shape index (κ2) is 7.71. The first-order valence-electron chi connectivity index (χ1n) is 8.36. The molecule has 0 aliphatic heterocycles. The van der Waals surface area contributed by atoms with E-state index in [0.717, 1.165) is 29.2 Å². The predicted octanol–water partition coefficient (Wildman–Crippen LogP) is 4.08. The van der Waals surface area contributed by atoms with E-state index < -0.39 is 5.78 Å². The smallest absolute Gasteiger partial charge is 0.242 e. The zero-order valence-electron chi connectivity index (χ0n) is 13.9. The molecule has 0 fully saturated rings. The van der Waals surface area contributed by atoms with E-state index in [1.54, 1.807) is 0 Å². The van der Waals surface area contributed by atoms with Crippen molar-refractivity contribution in [1.29, 1.82) is 0 Å². The number of unbranched alkanes of at least 4 members (excludes halogenated alkanes) is 1. The number of hydrogen-bond acceptors (Lipinski definition) is 3. The Morgan fingerprint density at radius 1 is 0.920 bits per heavy atom. The molecular formula is C21H19NO3. The van der Waals surface area contributed by atoms with Gasteiger partial charge in [0.05, 0.1) is 0 Å². The first-order valence-corrected chi connectivity index (χ1v) is 8.36. The van der Waals surface area contributed by atoms with Crippen molar-refractivity contribution in [3.8, 4) is 0 Å². The molecule has 1 heterocycles. The molecule has 0 amide bonds. The first-order chi connectivity index (χ1) is 12.2. The van der Waals surface area contributed by atoms with Gasteiger partial charge in [-0.25, -0.2) is 0 Å². The number of hydrogen-bond donors (Lipinski definition) is 0. The fraction of sp³-hybridized carbons (Fsp3) is 0.190. The van der Waals surface area contributed by atoms with Gasteiger partial charge in [-0.15, -0.1) is 0 Å². The van der Waals surface area contributed by atoms with Gasteiger partial charge in [0.15, 0.2) is 12.1 Å². The number of aryl methyl sites for hydroxylation is 1. The van der Waals surface area contributed by atoms with Crippen LogP contribution >= 0.6 is 0 Å². The average Bonchev–Trinajstić information content (AvgIpc) is 3.03. The van der Waals surface area contributed by atoms with Crippen molar-refractivity contribution in [1.82, 2.24) is 4.57 Å². The number of carbonyl (C=O) groups excluding carboxylic acids is 3. The molecule has 126 valence electrons. The third-order valence-electron chi connectivity index (χ3n) is 4.29. The lowest BCUT2D eigenvalue weighted by atomic mass is 10.1. The summed E-state index contributed by atoms with van der Waals surface area (Å²) in [6, 6.07) is 16.8. The zero-order valence-corrected chi connectivity index (χ0v) is 13.9. The summed E-state index contributed by atoms with van der Waals surface area (Å²) in [4.78, 5) is 35.1. The summed E-state index contributed by atoms with van der Waals surface area (Å²) in [6.45, 7) is 0.603. The van der Waals surface area contributed by atoms with Crippen LogP contribution in [0, 0.1) is 0 Å². The number of fused-ring (bicyclic) bond motifs is 1. The standard InChI is InChI=1S/C21H19NO3/c23-15-20(25)21-18-11-5-4-10-17(18)14-22(21)13-7-6-12-19(24)16-8-2-1-3-9-16/h1-5,8-11,14-15H,6-7,12-13H2. The number of Topliss-reactive ketones (excluding diaryl/α,β-unsaturated/α-hetero) is 2. The van der Waals surface area contributed by atoms with Gasteiger partial charge in [-0.05, 0) is 12.8 Å². The molecule has 4 nitrogen and oxygen atoms in total. The Bertz CT molecular complexity index is 909. The molecule has 0 unspecified atom stereocenters. The van der Waals surface area contributed by atoms with Crippen LogP contribution in [0.2, 0.25) is 0 Å². The van der Waals surface area contributed by atoms with Crippen molar-refractivity contribution in [2.75, 3.05) is 0 Å². The number of benzene rings is 2. The van der Waals surface area contributed by atoms with Crippen LogP contribution in [0.4, 0.5) is 0 Å². The van der Waals surface area contributed by atoms with Crippen molar-refractivity contribution in [3.05, 3.63) is 72.1 Å². The van der Waals surface area contributed by atoms with Gasteiger partial charge < -0.3 is 4.57 Å². The summed E-state index contributed by atoms with van der Waals surface area (Å²) in [5.74, 6) is -0.385. The minimum atomic E-state index is -0.512. The van der Waals surface area contributed by atoms with Crippen LogP contribution in [-0.4, -0.2) is 22.4 Å². The van der Waals surface area contributed by atoms with Crippen molar-refractivity contribution in [3.63, 3.8) is 0 Å². The molecule has 3 aromatic rings. The van der Waals surface area contributed by atoms with Crippen molar-refractivity contribution in [2.45, 2.75) is 25.8 Å². The maximum Gasteiger partial charge on any atom is 0.242 e. The Morgan fingerprint density at radius 2 is 1.64 bits per heavy atom. The highest BCUT2D eigenvalue weighted by molar-refractivity contribution is 6.35. The third kappa shape index (κ3) is 3.74. The maximum absolute atomic E-state index is 12.1. The Balaban J connectivity index is 1.66. The molecule has 0 spiro atoms. The Hall–Kier alpha value is -3.01. The van der Waals surface area contributed by atoms with E-state index in [1.807, 2.05) is 65.4 Å². The van der Waals surface area contributed by atoms with E-state index in [2.05, 4.69) is 0 Å². The summed E-state index contributed by atoms with van der Waals surface area (Å²) >= 11 is 0. The molecule has 4 heteroatoms. The Morgan fingerprint density at radius 3 is 2.40 bits per heavy atom. The summed E-state index contributed by atoms with van der Waals surface area (Å²) in [7, 11) is 0. The van der Waals surface area contributed by atoms with Gasteiger partial charge in [0.2, 0.25) is 5.78 Å². The van der Waals surface area contributed by atoms with Crippen LogP contribution in [0.25, 0.3) is 10.8 Å². The molecule has 0 N–H and O–H groups in total. The average molecular weight is 333 g/mol. The van der Waals surface area contributed by atoms with Gasteiger partial charge in [0.25, 0.3) is 0 Å². The highest BCUT2D eigenvalue weighted by Gasteiger charge is 2.15. The molecule has 2 aromatic carbocycles. The van der Waals surface area contributed by atoms with Gasteiger partial charge in [0.1, 0.15) is 5.69 Å². The van der Waals surface area contributed by atoms with Crippen molar-refractivity contribution in [2.24, 2.45) is 0 Å². The molecule has 0 bridgehead atoms. The molecule has 0 radical (unpaired) electrons. The predicted molar refractivity (Wildman–Crippen MR) is 97.0 cm³/mol. The second-order valence-corrected chi connectivity index (χ2v) is 5.99. The number of rotatable bonds is 8. The number of aromatic nitrogens is 1. The fourth-order valence-electron chi connectivity index (χ4n) is 3.05. The summed E-state index contributed by atoms with van der Waals surface area (Å²) in [5.41, 5.74) is 1.16. The monoisotopic (exact) mass is 333 g/mol. The molecular weight excluding hydrogens is 314 g/mol. The SMILES string of the molecule is O=CC(=O)c1c2ccccc2cn1CCCCC(=O)c1ccccc1. The molecule has 0 aliphatic carbocycles. The fourth-order valence-corrected chi connectivity index (χ4v) is 3.05. The maximum atomic E-state index is 12.1. The number of aldehydes is 1. The lowest BCUT2D eigenvalue weighted by molar-refractivity contribution is -0.104. The van der Waals surface area contributed by atoms with Crippen LogP contribution < -0.4 is 0 Å². The van der Waals surface area contributed by atoms with Gasteiger partial charge in [0, 0.05) is 35.5 Å². The molecule has 3 rings (SSSR count). The Kier molecular flexibility index (Phi) is 5.19. The molecule has 0 atom stereocenters. The Labute approximate surface area is 146 Å². The van der Waals surface area contributed by atoms with Gasteiger partial charge in [-0.3, -0.25) is 14.4 Å². The number of carbonyl (C=O) groups is 3. The molecule has 1 aromatic heterocycles. The molecule has 25 heavy (non-hydrogen) atoms. The van der Waals surface area contributed by atoms with Crippen molar-refractivity contribution >= 4 is 28.6 Å². The second-order valence-electron chi connectivity index (χ2n) is 5.99. The van der Waals surface area contributed by atoms with Crippen LogP contribution in [0.1, 0.15) is 40.1 Å². The van der Waals surface area contributed by atoms with E-state index in [9.17, 15) is 14.4 Å². The summed E-state index contributed by atoms with van der Waals surface area (Å²) < 4.78 is 1.83. The van der Waals surface area contributed by atoms with Crippen LogP contribution in [0.15, 0.2) is 60.8 Å². The summed E-state index contributed by atoms with van der Waals surface area (Å²) in [6.07, 6.45) is 4.22. The van der Waals surface area contributed by atoms with Gasteiger partial charge in [-0.2, -0.15) is 0 Å². The van der Waals surface area contributed by atoms with E-state index in [-0.39, 0.29) is 5.78 Å². The highest BCUT2D eigenvalue weighted by atomic mass is 16.2. The number of nitrogens with zero attached hydrogens (tertiary/aromatic N) is 1. The quantitative estimate of drug-likeness (QED) is 0.270.